The number of anilines is 1. The summed E-state index contributed by atoms with van der Waals surface area (Å²) in [7, 11) is 0. The van der Waals surface area contributed by atoms with Gasteiger partial charge in [-0.2, -0.15) is 0 Å². The van der Waals surface area contributed by atoms with Crippen LogP contribution >= 0.6 is 0 Å². The van der Waals surface area contributed by atoms with E-state index in [0.717, 1.165) is 18.3 Å². The van der Waals surface area contributed by atoms with Gasteiger partial charge in [-0.25, -0.2) is 0 Å². The molecule has 2 nitrogen and oxygen atoms in total. The smallest absolute Gasteiger partial charge is 0.0396 e. The highest BCUT2D eigenvalue weighted by molar-refractivity contribution is 5.55. The fourth-order valence-electron chi connectivity index (χ4n) is 3.43. The van der Waals surface area contributed by atoms with Crippen LogP contribution in [-0.2, 0) is 6.42 Å². The van der Waals surface area contributed by atoms with Gasteiger partial charge in [0.1, 0.15) is 0 Å². The molecule has 1 aliphatic heterocycles. The Morgan fingerprint density at radius 2 is 1.89 bits per heavy atom. The normalized spacial score (nSPS) is 25.4. The third kappa shape index (κ3) is 3.73. The maximum Gasteiger partial charge on any atom is 0.0396 e. The van der Waals surface area contributed by atoms with E-state index in [1.807, 2.05) is 0 Å². The van der Waals surface area contributed by atoms with Crippen molar-refractivity contribution in [3.05, 3.63) is 29.3 Å². The summed E-state index contributed by atoms with van der Waals surface area (Å²) in [6.07, 6.45) is 2.33. The molecule has 0 amide bonds. The van der Waals surface area contributed by atoms with Crippen LogP contribution < -0.4 is 10.6 Å². The number of nitrogens with zero attached hydrogens (tertiary/aromatic N) is 1. The van der Waals surface area contributed by atoms with Gasteiger partial charge in [0.05, 0.1) is 0 Å². The van der Waals surface area contributed by atoms with Crippen molar-refractivity contribution in [2.24, 2.45) is 17.6 Å². The lowest BCUT2D eigenvalue weighted by Gasteiger charge is -2.37. The molecular formula is C17H28N2. The summed E-state index contributed by atoms with van der Waals surface area (Å²) in [6, 6.07) is 7.08. The second-order valence-corrected chi connectivity index (χ2v) is 6.65. The van der Waals surface area contributed by atoms with E-state index in [2.05, 4.69) is 50.8 Å². The summed E-state index contributed by atoms with van der Waals surface area (Å²) < 4.78 is 0. The minimum Gasteiger partial charge on any atom is -0.371 e. The Balaban J connectivity index is 2.16. The molecule has 1 heterocycles. The third-order valence-electron chi connectivity index (χ3n) is 4.03. The van der Waals surface area contributed by atoms with Gasteiger partial charge in [0.25, 0.3) is 0 Å². The predicted octanol–water partition coefficient (Wildman–Crippen LogP) is 3.37. The third-order valence-corrected chi connectivity index (χ3v) is 4.03. The largest absolute Gasteiger partial charge is 0.371 e. The Morgan fingerprint density at radius 3 is 2.42 bits per heavy atom. The molecule has 106 valence electrons. The van der Waals surface area contributed by atoms with Gasteiger partial charge >= 0.3 is 0 Å². The lowest BCUT2D eigenvalue weighted by atomic mass is 9.91. The van der Waals surface area contributed by atoms with Crippen molar-refractivity contribution >= 4 is 5.69 Å². The zero-order valence-corrected chi connectivity index (χ0v) is 12.8. The van der Waals surface area contributed by atoms with Crippen LogP contribution in [0.2, 0.25) is 0 Å². The van der Waals surface area contributed by atoms with Gasteiger partial charge in [-0.15, -0.1) is 0 Å². The summed E-state index contributed by atoms with van der Waals surface area (Å²) >= 11 is 0. The first-order valence-electron chi connectivity index (χ1n) is 7.55. The molecule has 0 bridgehead atoms. The Kier molecular flexibility index (Phi) is 4.51. The Hall–Kier alpha value is -1.02. The molecule has 0 aliphatic carbocycles. The molecule has 2 heteroatoms. The van der Waals surface area contributed by atoms with E-state index in [9.17, 15) is 0 Å². The van der Waals surface area contributed by atoms with Gasteiger partial charge in [0.15, 0.2) is 0 Å². The molecule has 1 aromatic carbocycles. The first-order chi connectivity index (χ1) is 8.95. The summed E-state index contributed by atoms with van der Waals surface area (Å²) in [6.45, 7) is 11.4. The molecule has 0 aromatic heterocycles. The van der Waals surface area contributed by atoms with Crippen LogP contribution in [0.4, 0.5) is 5.69 Å². The fraction of sp³-hybridized carbons (Fsp3) is 0.647. The van der Waals surface area contributed by atoms with Crippen LogP contribution in [0.25, 0.3) is 0 Å². The van der Waals surface area contributed by atoms with E-state index in [-0.39, 0.29) is 6.04 Å². The highest BCUT2D eigenvalue weighted by Crippen LogP contribution is 2.29. The monoisotopic (exact) mass is 260 g/mol. The van der Waals surface area contributed by atoms with Crippen molar-refractivity contribution in [3.8, 4) is 0 Å². The minimum absolute atomic E-state index is 0.236. The standard InChI is InChI=1S/C17H28N2/c1-12-7-13(2)11-19(10-12)17-6-5-16(8-14(17)3)9-15(4)18/h5-6,8,12-13,15H,7,9-11,18H2,1-4H3. The van der Waals surface area contributed by atoms with Crippen molar-refractivity contribution in [2.75, 3.05) is 18.0 Å². The maximum atomic E-state index is 5.88. The van der Waals surface area contributed by atoms with Crippen molar-refractivity contribution < 1.29 is 0 Å². The number of hydrogen-bond donors (Lipinski definition) is 1. The van der Waals surface area contributed by atoms with E-state index in [4.69, 9.17) is 5.73 Å². The zero-order chi connectivity index (χ0) is 14.0. The summed E-state index contributed by atoms with van der Waals surface area (Å²) in [5, 5.41) is 0. The van der Waals surface area contributed by atoms with Gasteiger partial charge < -0.3 is 10.6 Å². The summed E-state index contributed by atoms with van der Waals surface area (Å²) in [5.41, 5.74) is 10.0. The molecule has 1 aromatic rings. The summed E-state index contributed by atoms with van der Waals surface area (Å²) in [5.74, 6) is 1.60. The second-order valence-electron chi connectivity index (χ2n) is 6.65. The quantitative estimate of drug-likeness (QED) is 0.903. The summed E-state index contributed by atoms with van der Waals surface area (Å²) in [4.78, 5) is 2.56. The van der Waals surface area contributed by atoms with Crippen LogP contribution in [0.1, 0.15) is 38.3 Å². The van der Waals surface area contributed by atoms with Crippen molar-refractivity contribution in [1.29, 1.82) is 0 Å². The van der Waals surface area contributed by atoms with E-state index >= 15 is 0 Å². The van der Waals surface area contributed by atoms with Crippen LogP contribution in [0.5, 0.6) is 0 Å². The van der Waals surface area contributed by atoms with Crippen LogP contribution in [0, 0.1) is 18.8 Å². The number of rotatable bonds is 3. The highest BCUT2D eigenvalue weighted by Gasteiger charge is 2.22. The molecule has 0 radical (unpaired) electrons. The molecule has 3 unspecified atom stereocenters. The van der Waals surface area contributed by atoms with E-state index < -0.39 is 0 Å². The average molecular weight is 260 g/mol. The van der Waals surface area contributed by atoms with Gasteiger partial charge in [-0.3, -0.25) is 0 Å². The second kappa shape index (κ2) is 5.96. The molecule has 1 fully saturated rings. The van der Waals surface area contributed by atoms with Crippen molar-refractivity contribution in [2.45, 2.75) is 46.6 Å². The molecule has 3 atom stereocenters. The fourth-order valence-corrected chi connectivity index (χ4v) is 3.43. The molecule has 2 rings (SSSR count). The van der Waals surface area contributed by atoms with E-state index in [1.165, 1.54) is 36.3 Å². The lowest BCUT2D eigenvalue weighted by Crippen LogP contribution is -2.39. The van der Waals surface area contributed by atoms with E-state index in [0.29, 0.717) is 0 Å². The first-order valence-corrected chi connectivity index (χ1v) is 7.55. The Bertz CT molecular complexity index is 415. The number of aryl methyl sites for hydroxylation is 1. The van der Waals surface area contributed by atoms with Gasteiger partial charge in [0.2, 0.25) is 0 Å². The number of piperidine rings is 1. The topological polar surface area (TPSA) is 29.3 Å². The molecule has 2 N–H and O–H groups in total. The SMILES string of the molecule is Cc1cc(CC(C)N)ccc1N1CC(C)CC(C)C1. The zero-order valence-electron chi connectivity index (χ0n) is 12.8. The molecule has 1 saturated heterocycles. The molecular weight excluding hydrogens is 232 g/mol. The van der Waals surface area contributed by atoms with Crippen LogP contribution in [-0.4, -0.2) is 19.1 Å². The number of hydrogen-bond acceptors (Lipinski definition) is 2. The molecule has 1 aliphatic rings. The minimum atomic E-state index is 0.236. The molecule has 0 saturated carbocycles. The maximum absolute atomic E-state index is 5.88. The van der Waals surface area contributed by atoms with Gasteiger partial charge in [0, 0.05) is 24.8 Å². The number of benzene rings is 1. The number of nitrogens with two attached hydrogens (primary N) is 1. The van der Waals surface area contributed by atoms with Crippen LogP contribution in [0.3, 0.4) is 0 Å². The molecule has 19 heavy (non-hydrogen) atoms. The van der Waals surface area contributed by atoms with E-state index in [1.54, 1.807) is 0 Å². The van der Waals surface area contributed by atoms with Crippen molar-refractivity contribution in [1.82, 2.24) is 0 Å². The molecule has 0 spiro atoms. The van der Waals surface area contributed by atoms with Crippen molar-refractivity contribution in [3.63, 3.8) is 0 Å². The van der Waals surface area contributed by atoms with Crippen LogP contribution in [0.15, 0.2) is 18.2 Å². The Morgan fingerprint density at radius 1 is 1.26 bits per heavy atom. The first kappa shape index (κ1) is 14.4. The van der Waals surface area contributed by atoms with Gasteiger partial charge in [-0.1, -0.05) is 26.0 Å². The highest BCUT2D eigenvalue weighted by atomic mass is 15.1. The van der Waals surface area contributed by atoms with Gasteiger partial charge in [-0.05, 0) is 55.7 Å². The predicted molar refractivity (Wildman–Crippen MR) is 83.7 cm³/mol. The lowest BCUT2D eigenvalue weighted by molar-refractivity contribution is 0.356. The average Bonchev–Trinajstić information content (AvgIpc) is 2.26. The Labute approximate surface area is 118 Å².